The van der Waals surface area contributed by atoms with E-state index >= 15 is 0 Å². The second-order valence-electron chi connectivity index (χ2n) is 6.93. The third kappa shape index (κ3) is 3.07. The van der Waals surface area contributed by atoms with Crippen LogP contribution in [0.1, 0.15) is 53.4 Å². The molecule has 1 spiro atoms. The molecule has 1 aliphatic heterocycles. The molecule has 0 N–H and O–H groups in total. The van der Waals surface area contributed by atoms with Gasteiger partial charge in [0.1, 0.15) is 11.6 Å². The molecule has 20 heavy (non-hydrogen) atoms. The number of hydrogen-bond donors (Lipinski definition) is 0. The first-order valence-electron chi connectivity index (χ1n) is 7.43. The van der Waals surface area contributed by atoms with Gasteiger partial charge in [-0.2, -0.15) is 0 Å². The van der Waals surface area contributed by atoms with Gasteiger partial charge in [0, 0.05) is 6.54 Å². The number of rotatable bonds is 2. The molecule has 0 aromatic heterocycles. The minimum atomic E-state index is -0.550. The zero-order valence-corrected chi connectivity index (χ0v) is 12.9. The molecule has 1 heterocycles. The maximum Gasteiger partial charge on any atom is 0.411 e. The summed E-state index contributed by atoms with van der Waals surface area (Å²) in [6, 6.07) is -0.481. The third-order valence-corrected chi connectivity index (χ3v) is 4.11. The Balaban J connectivity index is 2.10. The van der Waals surface area contributed by atoms with E-state index in [1.165, 1.54) is 6.42 Å². The van der Waals surface area contributed by atoms with Crippen molar-refractivity contribution in [3.63, 3.8) is 0 Å². The number of amides is 1. The van der Waals surface area contributed by atoms with Gasteiger partial charge >= 0.3 is 12.1 Å². The summed E-state index contributed by atoms with van der Waals surface area (Å²) < 4.78 is 10.5. The maximum absolute atomic E-state index is 12.3. The Labute approximate surface area is 120 Å². The summed E-state index contributed by atoms with van der Waals surface area (Å²) in [5, 5.41) is 0. The van der Waals surface area contributed by atoms with Gasteiger partial charge in [-0.05, 0) is 52.4 Å². The molecule has 1 saturated carbocycles. The van der Waals surface area contributed by atoms with E-state index in [-0.39, 0.29) is 11.4 Å². The standard InChI is InChI=1S/C15H25NO4/c1-5-19-12(17)11-9-15(7-6-8-15)10-16(11)13(18)20-14(2,3)4/h11H,5-10H2,1-4H3. The van der Waals surface area contributed by atoms with E-state index in [2.05, 4.69) is 0 Å². The van der Waals surface area contributed by atoms with Crippen LogP contribution in [0.4, 0.5) is 4.79 Å². The lowest BCUT2D eigenvalue weighted by molar-refractivity contribution is -0.148. The van der Waals surface area contributed by atoms with E-state index in [9.17, 15) is 9.59 Å². The van der Waals surface area contributed by atoms with Gasteiger partial charge in [-0.15, -0.1) is 0 Å². The van der Waals surface area contributed by atoms with E-state index < -0.39 is 17.7 Å². The molecule has 5 heteroatoms. The monoisotopic (exact) mass is 283 g/mol. The summed E-state index contributed by atoms with van der Waals surface area (Å²) >= 11 is 0. The zero-order valence-electron chi connectivity index (χ0n) is 12.9. The van der Waals surface area contributed by atoms with Gasteiger partial charge < -0.3 is 9.47 Å². The van der Waals surface area contributed by atoms with Crippen molar-refractivity contribution in [2.24, 2.45) is 5.41 Å². The molecular weight excluding hydrogens is 258 g/mol. The molecule has 114 valence electrons. The Bertz CT molecular complexity index is 395. The zero-order chi connectivity index (χ0) is 15.0. The van der Waals surface area contributed by atoms with Gasteiger partial charge in [-0.3, -0.25) is 4.90 Å². The van der Waals surface area contributed by atoms with Crippen molar-refractivity contribution in [2.75, 3.05) is 13.2 Å². The summed E-state index contributed by atoms with van der Waals surface area (Å²) in [4.78, 5) is 26.0. The Kier molecular flexibility index (Phi) is 3.98. The highest BCUT2D eigenvalue weighted by Crippen LogP contribution is 2.50. The lowest BCUT2D eigenvalue weighted by Gasteiger charge is -2.37. The summed E-state index contributed by atoms with van der Waals surface area (Å²) in [6.45, 7) is 8.23. The molecule has 2 fully saturated rings. The number of carbonyl (C=O) groups excluding carboxylic acids is 2. The van der Waals surface area contributed by atoms with Crippen LogP contribution in [0.5, 0.6) is 0 Å². The summed E-state index contributed by atoms with van der Waals surface area (Å²) in [6.07, 6.45) is 3.66. The molecule has 0 aromatic rings. The normalized spacial score (nSPS) is 24.4. The van der Waals surface area contributed by atoms with E-state index in [0.29, 0.717) is 19.6 Å². The molecule has 5 nitrogen and oxygen atoms in total. The SMILES string of the molecule is CCOC(=O)C1CC2(CCC2)CN1C(=O)OC(C)(C)C. The molecule has 0 aromatic carbocycles. The molecular formula is C15H25NO4. The molecule has 1 aliphatic carbocycles. The fourth-order valence-electron chi connectivity index (χ4n) is 3.06. The van der Waals surface area contributed by atoms with E-state index in [1.54, 1.807) is 11.8 Å². The molecule has 1 atom stereocenters. The lowest BCUT2D eigenvalue weighted by Crippen LogP contribution is -2.44. The fraction of sp³-hybridized carbons (Fsp3) is 0.867. The van der Waals surface area contributed by atoms with Crippen molar-refractivity contribution in [3.8, 4) is 0 Å². The lowest BCUT2D eigenvalue weighted by atomic mass is 9.67. The second-order valence-corrected chi connectivity index (χ2v) is 6.93. The number of hydrogen-bond acceptors (Lipinski definition) is 4. The number of carbonyl (C=O) groups is 2. The van der Waals surface area contributed by atoms with Crippen molar-refractivity contribution < 1.29 is 19.1 Å². The van der Waals surface area contributed by atoms with Crippen molar-refractivity contribution in [1.82, 2.24) is 4.90 Å². The number of likely N-dealkylation sites (tertiary alicyclic amines) is 1. The Morgan fingerprint density at radius 3 is 2.40 bits per heavy atom. The first-order valence-corrected chi connectivity index (χ1v) is 7.43. The van der Waals surface area contributed by atoms with Crippen molar-refractivity contribution in [1.29, 1.82) is 0 Å². The predicted molar refractivity (Wildman–Crippen MR) is 74.3 cm³/mol. The van der Waals surface area contributed by atoms with Crippen LogP contribution in [0.15, 0.2) is 0 Å². The molecule has 1 amide bonds. The van der Waals surface area contributed by atoms with Crippen LogP contribution in [-0.4, -0.2) is 41.8 Å². The van der Waals surface area contributed by atoms with Gasteiger partial charge in [0.2, 0.25) is 0 Å². The predicted octanol–water partition coefficient (Wildman–Crippen LogP) is 2.73. The van der Waals surface area contributed by atoms with Gasteiger partial charge in [0.15, 0.2) is 0 Å². The largest absolute Gasteiger partial charge is 0.464 e. The Morgan fingerprint density at radius 1 is 1.30 bits per heavy atom. The van der Waals surface area contributed by atoms with E-state index in [1.807, 2.05) is 20.8 Å². The molecule has 2 aliphatic rings. The average Bonchev–Trinajstić information content (AvgIpc) is 2.67. The van der Waals surface area contributed by atoms with Gasteiger partial charge in [-0.25, -0.2) is 9.59 Å². The van der Waals surface area contributed by atoms with Crippen LogP contribution < -0.4 is 0 Å². The van der Waals surface area contributed by atoms with Crippen LogP contribution in [0, 0.1) is 5.41 Å². The van der Waals surface area contributed by atoms with E-state index in [0.717, 1.165) is 12.8 Å². The summed E-state index contributed by atoms with van der Waals surface area (Å²) in [5.41, 5.74) is -0.431. The third-order valence-electron chi connectivity index (χ3n) is 4.11. The molecule has 0 bridgehead atoms. The number of ether oxygens (including phenoxy) is 2. The Hall–Kier alpha value is -1.26. The smallest absolute Gasteiger partial charge is 0.411 e. The minimum Gasteiger partial charge on any atom is -0.464 e. The van der Waals surface area contributed by atoms with Crippen molar-refractivity contribution in [3.05, 3.63) is 0 Å². The van der Waals surface area contributed by atoms with Crippen LogP contribution in [0.3, 0.4) is 0 Å². The van der Waals surface area contributed by atoms with Crippen molar-refractivity contribution in [2.45, 2.75) is 65.0 Å². The maximum atomic E-state index is 12.3. The molecule has 1 saturated heterocycles. The van der Waals surface area contributed by atoms with Gasteiger partial charge in [0.05, 0.1) is 6.61 Å². The quantitative estimate of drug-likeness (QED) is 0.731. The topological polar surface area (TPSA) is 55.8 Å². The molecule has 0 radical (unpaired) electrons. The highest BCUT2D eigenvalue weighted by molar-refractivity contribution is 5.82. The van der Waals surface area contributed by atoms with Crippen LogP contribution in [-0.2, 0) is 14.3 Å². The fourth-order valence-corrected chi connectivity index (χ4v) is 3.06. The minimum absolute atomic E-state index is 0.119. The average molecular weight is 283 g/mol. The highest BCUT2D eigenvalue weighted by Gasteiger charge is 2.52. The highest BCUT2D eigenvalue weighted by atomic mass is 16.6. The van der Waals surface area contributed by atoms with Gasteiger partial charge in [0.25, 0.3) is 0 Å². The van der Waals surface area contributed by atoms with Crippen LogP contribution >= 0.6 is 0 Å². The van der Waals surface area contributed by atoms with Gasteiger partial charge in [-0.1, -0.05) is 6.42 Å². The first-order chi connectivity index (χ1) is 9.26. The van der Waals surface area contributed by atoms with Crippen molar-refractivity contribution >= 4 is 12.1 Å². The van der Waals surface area contributed by atoms with Crippen LogP contribution in [0.25, 0.3) is 0 Å². The summed E-state index contributed by atoms with van der Waals surface area (Å²) in [5.74, 6) is -0.304. The molecule has 2 rings (SSSR count). The summed E-state index contributed by atoms with van der Waals surface area (Å²) in [7, 11) is 0. The van der Waals surface area contributed by atoms with E-state index in [4.69, 9.17) is 9.47 Å². The Morgan fingerprint density at radius 2 is 1.95 bits per heavy atom. The molecule has 1 unspecified atom stereocenters. The number of nitrogens with zero attached hydrogens (tertiary/aromatic N) is 1. The first kappa shape index (κ1) is 15.1. The second kappa shape index (κ2) is 5.26. The van der Waals surface area contributed by atoms with Crippen LogP contribution in [0.2, 0.25) is 0 Å². The number of esters is 1.